The molecular weight excluding hydrogens is 276 g/mol. The number of aromatic amines is 1. The molecule has 0 radical (unpaired) electrons. The number of methoxy groups -OCH3 is 1. The average Bonchev–Trinajstić information content (AvgIpc) is 3.05. The van der Waals surface area contributed by atoms with Crippen molar-refractivity contribution in [2.24, 2.45) is 0 Å². The summed E-state index contributed by atoms with van der Waals surface area (Å²) in [4.78, 5) is 25.9. The zero-order valence-electron chi connectivity index (χ0n) is 11.6. The van der Waals surface area contributed by atoms with Crippen molar-refractivity contribution >= 4 is 17.0 Å². The molecule has 0 spiro atoms. The van der Waals surface area contributed by atoms with Crippen LogP contribution in [0.5, 0.6) is 0 Å². The highest BCUT2D eigenvalue weighted by Gasteiger charge is 2.36. The predicted octanol–water partition coefficient (Wildman–Crippen LogP) is 0.833. The quantitative estimate of drug-likeness (QED) is 0.870. The molecule has 2 aromatic rings. The molecule has 0 amide bonds. The Labute approximate surface area is 120 Å². The van der Waals surface area contributed by atoms with Gasteiger partial charge in [-0.05, 0) is 18.2 Å². The number of nitrogens with one attached hydrogen (secondary N) is 1. The Bertz CT molecular complexity index is 739. The lowest BCUT2D eigenvalue weighted by Gasteiger charge is -2.25. The first-order valence-corrected chi connectivity index (χ1v) is 6.63. The number of hydrogen-bond donors (Lipinski definition) is 2. The predicted molar refractivity (Wildman–Crippen MR) is 74.7 cm³/mol. The van der Waals surface area contributed by atoms with Crippen LogP contribution in [0.25, 0.3) is 11.0 Å². The number of ether oxygens (including phenoxy) is 2. The number of carboxylic acids is 1. The second kappa shape index (κ2) is 5.01. The highest BCUT2D eigenvalue weighted by molar-refractivity contribution is 5.92. The van der Waals surface area contributed by atoms with Gasteiger partial charge >= 0.3 is 11.7 Å². The number of aromatic nitrogens is 2. The number of fused-ring (bicyclic) bond motifs is 1. The van der Waals surface area contributed by atoms with E-state index < -0.39 is 11.6 Å². The molecule has 7 heteroatoms. The minimum absolute atomic E-state index is 0.143. The number of nitrogens with zero attached hydrogens (tertiary/aromatic N) is 1. The number of carboxylic acid groups (broad SMARTS) is 1. The van der Waals surface area contributed by atoms with Crippen LogP contribution in [0.4, 0.5) is 0 Å². The van der Waals surface area contributed by atoms with Gasteiger partial charge < -0.3 is 19.6 Å². The average molecular weight is 292 g/mol. The molecule has 1 saturated heterocycles. The summed E-state index contributed by atoms with van der Waals surface area (Å²) in [5.74, 6) is -1.03. The molecular formula is C14H16N2O5. The van der Waals surface area contributed by atoms with Gasteiger partial charge in [-0.2, -0.15) is 0 Å². The molecule has 112 valence electrons. The lowest BCUT2D eigenvalue weighted by molar-refractivity contribution is -0.0293. The van der Waals surface area contributed by atoms with E-state index in [1.165, 1.54) is 16.7 Å². The summed E-state index contributed by atoms with van der Waals surface area (Å²) in [5, 5.41) is 9.08. The van der Waals surface area contributed by atoms with E-state index in [-0.39, 0.29) is 11.3 Å². The van der Waals surface area contributed by atoms with E-state index in [9.17, 15) is 9.59 Å². The van der Waals surface area contributed by atoms with Crippen LogP contribution in [0.2, 0.25) is 0 Å². The summed E-state index contributed by atoms with van der Waals surface area (Å²) in [5.41, 5.74) is 0.483. The topological polar surface area (TPSA) is 93.6 Å². The number of H-pyrrole nitrogens is 1. The van der Waals surface area contributed by atoms with Gasteiger partial charge in [-0.3, -0.25) is 4.57 Å². The Kier molecular flexibility index (Phi) is 3.30. The molecule has 2 heterocycles. The van der Waals surface area contributed by atoms with Gasteiger partial charge in [0, 0.05) is 20.1 Å². The molecule has 1 aromatic carbocycles. The first-order chi connectivity index (χ1) is 10.0. The summed E-state index contributed by atoms with van der Waals surface area (Å²) in [6, 6.07) is 4.56. The molecule has 0 bridgehead atoms. The van der Waals surface area contributed by atoms with Gasteiger partial charge in [-0.25, -0.2) is 9.59 Å². The fourth-order valence-electron chi connectivity index (χ4n) is 2.67. The molecule has 0 aliphatic carbocycles. The molecule has 21 heavy (non-hydrogen) atoms. The van der Waals surface area contributed by atoms with Crippen molar-refractivity contribution in [2.45, 2.75) is 18.6 Å². The van der Waals surface area contributed by atoms with Gasteiger partial charge in [0.05, 0.1) is 29.7 Å². The first-order valence-electron chi connectivity index (χ1n) is 6.63. The second-order valence-corrected chi connectivity index (χ2v) is 5.24. The normalized spacial score (nSPS) is 22.0. The van der Waals surface area contributed by atoms with Crippen LogP contribution >= 0.6 is 0 Å². The molecule has 0 saturated carbocycles. The van der Waals surface area contributed by atoms with Crippen LogP contribution in [0, 0.1) is 0 Å². The third-order valence-electron chi connectivity index (χ3n) is 3.97. The Morgan fingerprint density at radius 2 is 2.38 bits per heavy atom. The SMILES string of the molecule is COC1(Cn2c(=O)[nH]c3ccc(C(=O)O)cc32)CCOC1. The Morgan fingerprint density at radius 3 is 3.00 bits per heavy atom. The molecule has 3 rings (SSSR count). The van der Waals surface area contributed by atoms with Crippen LogP contribution in [0.3, 0.4) is 0 Å². The Hall–Kier alpha value is -2.12. The largest absolute Gasteiger partial charge is 0.478 e. The van der Waals surface area contributed by atoms with Gasteiger partial charge in [0.2, 0.25) is 0 Å². The number of aromatic carboxylic acids is 1. The van der Waals surface area contributed by atoms with Gasteiger partial charge in [0.25, 0.3) is 0 Å². The smallest absolute Gasteiger partial charge is 0.335 e. The van der Waals surface area contributed by atoms with E-state index in [0.717, 1.165) is 0 Å². The van der Waals surface area contributed by atoms with Crippen LogP contribution in [0.1, 0.15) is 16.8 Å². The number of hydrogen-bond acceptors (Lipinski definition) is 4. The van der Waals surface area contributed by atoms with Gasteiger partial charge in [0.15, 0.2) is 0 Å². The second-order valence-electron chi connectivity index (χ2n) is 5.24. The molecule has 1 aliphatic rings. The van der Waals surface area contributed by atoms with Crippen molar-refractivity contribution in [1.29, 1.82) is 0 Å². The number of carbonyl (C=O) groups is 1. The maximum Gasteiger partial charge on any atom is 0.335 e. The van der Waals surface area contributed by atoms with E-state index in [4.69, 9.17) is 14.6 Å². The number of imidazole rings is 1. The van der Waals surface area contributed by atoms with E-state index in [2.05, 4.69) is 4.98 Å². The van der Waals surface area contributed by atoms with Crippen molar-refractivity contribution in [3.63, 3.8) is 0 Å². The van der Waals surface area contributed by atoms with E-state index in [1.54, 1.807) is 13.2 Å². The maximum absolute atomic E-state index is 12.1. The summed E-state index contributed by atoms with van der Waals surface area (Å²) in [7, 11) is 1.59. The minimum atomic E-state index is -1.03. The number of rotatable bonds is 4. The first kappa shape index (κ1) is 13.8. The monoisotopic (exact) mass is 292 g/mol. The summed E-state index contributed by atoms with van der Waals surface area (Å²) < 4.78 is 12.4. The van der Waals surface area contributed by atoms with Crippen molar-refractivity contribution < 1.29 is 19.4 Å². The fraction of sp³-hybridized carbons (Fsp3) is 0.429. The third kappa shape index (κ3) is 2.34. The zero-order valence-corrected chi connectivity index (χ0v) is 11.6. The van der Waals surface area contributed by atoms with Gasteiger partial charge in [-0.1, -0.05) is 0 Å². The van der Waals surface area contributed by atoms with Crippen molar-refractivity contribution in [3.8, 4) is 0 Å². The highest BCUT2D eigenvalue weighted by atomic mass is 16.5. The Morgan fingerprint density at radius 1 is 1.57 bits per heavy atom. The van der Waals surface area contributed by atoms with E-state index in [0.29, 0.717) is 37.2 Å². The lowest BCUT2D eigenvalue weighted by Crippen LogP contribution is -2.39. The van der Waals surface area contributed by atoms with E-state index >= 15 is 0 Å². The van der Waals surface area contributed by atoms with Crippen molar-refractivity contribution in [1.82, 2.24) is 9.55 Å². The molecule has 1 unspecified atom stereocenters. The molecule has 2 N–H and O–H groups in total. The third-order valence-corrected chi connectivity index (χ3v) is 3.97. The van der Waals surface area contributed by atoms with Crippen LogP contribution < -0.4 is 5.69 Å². The molecule has 1 atom stereocenters. The van der Waals surface area contributed by atoms with Gasteiger partial charge in [0.1, 0.15) is 5.60 Å². The molecule has 1 aliphatic heterocycles. The van der Waals surface area contributed by atoms with Gasteiger partial charge in [-0.15, -0.1) is 0 Å². The summed E-state index contributed by atoms with van der Waals surface area (Å²) in [6.45, 7) is 1.33. The Balaban J connectivity index is 2.08. The highest BCUT2D eigenvalue weighted by Crippen LogP contribution is 2.25. The molecule has 1 aromatic heterocycles. The zero-order chi connectivity index (χ0) is 15.0. The standard InChI is InChI=1S/C14H16N2O5/c1-20-14(4-5-21-8-14)7-16-11-6-9(12(17)18)2-3-10(11)15-13(16)19/h2-3,6H,4-5,7-8H2,1H3,(H,15,19)(H,17,18). The molecule has 7 nitrogen and oxygen atoms in total. The number of benzene rings is 1. The lowest BCUT2D eigenvalue weighted by atomic mass is 10.0. The van der Waals surface area contributed by atoms with E-state index in [1.807, 2.05) is 0 Å². The van der Waals surface area contributed by atoms with Crippen molar-refractivity contribution in [3.05, 3.63) is 34.2 Å². The van der Waals surface area contributed by atoms with Crippen LogP contribution in [-0.2, 0) is 16.0 Å². The van der Waals surface area contributed by atoms with Crippen LogP contribution in [-0.4, -0.2) is 46.6 Å². The summed E-state index contributed by atoms with van der Waals surface area (Å²) in [6.07, 6.45) is 0.696. The fourth-order valence-corrected chi connectivity index (χ4v) is 2.67. The molecule has 1 fully saturated rings. The maximum atomic E-state index is 12.1. The van der Waals surface area contributed by atoms with Crippen LogP contribution in [0.15, 0.2) is 23.0 Å². The minimum Gasteiger partial charge on any atom is -0.478 e. The van der Waals surface area contributed by atoms with Crippen molar-refractivity contribution in [2.75, 3.05) is 20.3 Å². The summed E-state index contributed by atoms with van der Waals surface area (Å²) >= 11 is 0.